The van der Waals surface area contributed by atoms with Crippen LogP contribution in [0.5, 0.6) is 0 Å². The minimum atomic E-state index is 0.779. The molecule has 102 valence electrons. The number of hydrogen-bond acceptors (Lipinski definition) is 3. The summed E-state index contributed by atoms with van der Waals surface area (Å²) in [6, 6.07) is 7.85. The molecule has 0 amide bonds. The standard InChI is InChI=1S/C15H17N5/c16-15-4-2-13(3-5-15)14-10-18-20(11-14)8-1-7-19-9-6-17-12-19/h2-6,9-12H,1,7-8,16H2. The molecule has 0 radical (unpaired) electrons. The Bertz CT molecular complexity index is 652. The first-order valence-electron chi connectivity index (χ1n) is 6.65. The largest absolute Gasteiger partial charge is 0.399 e. The molecule has 0 atom stereocenters. The van der Waals surface area contributed by atoms with E-state index in [2.05, 4.69) is 20.8 Å². The average Bonchev–Trinajstić information content (AvgIpc) is 3.11. The van der Waals surface area contributed by atoms with Crippen molar-refractivity contribution in [3.05, 3.63) is 55.4 Å². The van der Waals surface area contributed by atoms with Gasteiger partial charge in [-0.25, -0.2) is 4.98 Å². The fraction of sp³-hybridized carbons (Fsp3) is 0.200. The van der Waals surface area contributed by atoms with Gasteiger partial charge in [0.05, 0.1) is 12.5 Å². The van der Waals surface area contributed by atoms with Crippen LogP contribution in [0.15, 0.2) is 55.4 Å². The molecule has 5 heteroatoms. The Morgan fingerprint density at radius 2 is 1.90 bits per heavy atom. The molecule has 2 aromatic heterocycles. The van der Waals surface area contributed by atoms with Crippen molar-refractivity contribution in [3.8, 4) is 11.1 Å². The fourth-order valence-electron chi connectivity index (χ4n) is 2.14. The number of nitrogen functional groups attached to an aromatic ring is 1. The molecule has 0 saturated heterocycles. The molecular weight excluding hydrogens is 250 g/mol. The van der Waals surface area contributed by atoms with Crippen molar-refractivity contribution in [2.45, 2.75) is 19.5 Å². The lowest BCUT2D eigenvalue weighted by atomic mass is 10.1. The van der Waals surface area contributed by atoms with Crippen LogP contribution in [0, 0.1) is 0 Å². The number of benzene rings is 1. The maximum atomic E-state index is 5.69. The van der Waals surface area contributed by atoms with Gasteiger partial charge in [0.1, 0.15) is 0 Å². The first-order valence-corrected chi connectivity index (χ1v) is 6.65. The van der Waals surface area contributed by atoms with E-state index < -0.39 is 0 Å². The summed E-state index contributed by atoms with van der Waals surface area (Å²) >= 11 is 0. The van der Waals surface area contributed by atoms with Gasteiger partial charge >= 0.3 is 0 Å². The van der Waals surface area contributed by atoms with Crippen molar-refractivity contribution in [1.82, 2.24) is 19.3 Å². The Morgan fingerprint density at radius 1 is 1.05 bits per heavy atom. The molecule has 0 fully saturated rings. The minimum absolute atomic E-state index is 0.779. The molecule has 1 aromatic carbocycles. The SMILES string of the molecule is Nc1ccc(-c2cnn(CCCn3ccnc3)c2)cc1. The van der Waals surface area contributed by atoms with Crippen molar-refractivity contribution in [1.29, 1.82) is 0 Å². The summed E-state index contributed by atoms with van der Waals surface area (Å²) in [5, 5.41) is 4.39. The second-order valence-electron chi connectivity index (χ2n) is 4.77. The summed E-state index contributed by atoms with van der Waals surface area (Å²) in [4.78, 5) is 4.03. The van der Waals surface area contributed by atoms with Crippen LogP contribution < -0.4 is 5.73 Å². The molecule has 2 N–H and O–H groups in total. The van der Waals surface area contributed by atoms with E-state index in [4.69, 9.17) is 5.73 Å². The Balaban J connectivity index is 1.60. The highest BCUT2D eigenvalue weighted by atomic mass is 15.3. The van der Waals surface area contributed by atoms with Crippen molar-refractivity contribution in [3.63, 3.8) is 0 Å². The maximum Gasteiger partial charge on any atom is 0.0945 e. The molecule has 3 aromatic rings. The van der Waals surface area contributed by atoms with Crippen LogP contribution in [0.4, 0.5) is 5.69 Å². The molecule has 2 heterocycles. The second-order valence-corrected chi connectivity index (χ2v) is 4.77. The molecule has 0 unspecified atom stereocenters. The first kappa shape index (κ1) is 12.5. The molecule has 0 aliphatic rings. The zero-order chi connectivity index (χ0) is 13.8. The number of aromatic nitrogens is 4. The van der Waals surface area contributed by atoms with Gasteiger partial charge in [-0.3, -0.25) is 4.68 Å². The van der Waals surface area contributed by atoms with Gasteiger partial charge in [0.25, 0.3) is 0 Å². The quantitative estimate of drug-likeness (QED) is 0.722. The highest BCUT2D eigenvalue weighted by molar-refractivity contribution is 5.63. The van der Waals surface area contributed by atoms with Crippen LogP contribution >= 0.6 is 0 Å². The van der Waals surface area contributed by atoms with Crippen LogP contribution in [-0.2, 0) is 13.1 Å². The van der Waals surface area contributed by atoms with E-state index in [0.29, 0.717) is 0 Å². The Labute approximate surface area is 117 Å². The average molecular weight is 267 g/mol. The number of anilines is 1. The van der Waals surface area contributed by atoms with Gasteiger partial charge in [-0.15, -0.1) is 0 Å². The van der Waals surface area contributed by atoms with E-state index in [1.165, 1.54) is 0 Å². The predicted octanol–water partition coefficient (Wildman–Crippen LogP) is 2.42. The van der Waals surface area contributed by atoms with Crippen molar-refractivity contribution >= 4 is 5.69 Å². The molecule has 20 heavy (non-hydrogen) atoms. The third-order valence-electron chi connectivity index (χ3n) is 3.24. The van der Waals surface area contributed by atoms with Gasteiger partial charge in [0, 0.05) is 42.9 Å². The van der Waals surface area contributed by atoms with Crippen molar-refractivity contribution in [2.24, 2.45) is 0 Å². The molecule has 0 saturated carbocycles. The first-order chi connectivity index (χ1) is 9.81. The maximum absolute atomic E-state index is 5.69. The van der Waals surface area contributed by atoms with Crippen LogP contribution in [0.25, 0.3) is 11.1 Å². The summed E-state index contributed by atoms with van der Waals surface area (Å²) in [5.74, 6) is 0. The lowest BCUT2D eigenvalue weighted by Gasteiger charge is -2.02. The molecule has 5 nitrogen and oxygen atoms in total. The summed E-state index contributed by atoms with van der Waals surface area (Å²) < 4.78 is 4.05. The smallest absolute Gasteiger partial charge is 0.0945 e. The van der Waals surface area contributed by atoms with E-state index in [-0.39, 0.29) is 0 Å². The predicted molar refractivity (Wildman–Crippen MR) is 78.9 cm³/mol. The van der Waals surface area contributed by atoms with Gasteiger partial charge in [0.2, 0.25) is 0 Å². The fourth-order valence-corrected chi connectivity index (χ4v) is 2.14. The number of nitrogens with zero attached hydrogens (tertiary/aromatic N) is 4. The van der Waals surface area contributed by atoms with E-state index in [1.54, 1.807) is 6.20 Å². The lowest BCUT2D eigenvalue weighted by molar-refractivity contribution is 0.527. The lowest BCUT2D eigenvalue weighted by Crippen LogP contribution is -2.02. The van der Waals surface area contributed by atoms with Crippen LogP contribution in [0.3, 0.4) is 0 Å². The van der Waals surface area contributed by atoms with E-state index in [9.17, 15) is 0 Å². The van der Waals surface area contributed by atoms with Gasteiger partial charge in [-0.1, -0.05) is 12.1 Å². The van der Waals surface area contributed by atoms with Crippen LogP contribution in [0.1, 0.15) is 6.42 Å². The van der Waals surface area contributed by atoms with Gasteiger partial charge in [0.15, 0.2) is 0 Å². The van der Waals surface area contributed by atoms with Gasteiger partial charge in [-0.05, 0) is 24.1 Å². The van der Waals surface area contributed by atoms with E-state index in [1.807, 2.05) is 47.7 Å². The van der Waals surface area contributed by atoms with Gasteiger partial charge in [-0.2, -0.15) is 5.10 Å². The molecule has 0 spiro atoms. The second kappa shape index (κ2) is 5.61. The number of rotatable bonds is 5. The topological polar surface area (TPSA) is 61.7 Å². The van der Waals surface area contributed by atoms with E-state index in [0.717, 1.165) is 36.3 Å². The molecular formula is C15H17N5. The van der Waals surface area contributed by atoms with Crippen LogP contribution in [-0.4, -0.2) is 19.3 Å². The number of hydrogen-bond donors (Lipinski definition) is 1. The highest BCUT2D eigenvalue weighted by Gasteiger charge is 2.01. The van der Waals surface area contributed by atoms with Crippen LogP contribution in [0.2, 0.25) is 0 Å². The molecule has 0 bridgehead atoms. The third kappa shape index (κ3) is 2.88. The summed E-state index contributed by atoms with van der Waals surface area (Å²) in [6.45, 7) is 1.85. The Hall–Kier alpha value is -2.56. The summed E-state index contributed by atoms with van der Waals surface area (Å²) in [7, 11) is 0. The normalized spacial score (nSPS) is 10.8. The minimum Gasteiger partial charge on any atom is -0.399 e. The Kier molecular flexibility index (Phi) is 3.50. The Morgan fingerprint density at radius 3 is 2.65 bits per heavy atom. The number of imidazole rings is 1. The molecule has 3 rings (SSSR count). The zero-order valence-electron chi connectivity index (χ0n) is 11.2. The monoisotopic (exact) mass is 267 g/mol. The van der Waals surface area contributed by atoms with E-state index >= 15 is 0 Å². The van der Waals surface area contributed by atoms with Gasteiger partial charge < -0.3 is 10.3 Å². The summed E-state index contributed by atoms with van der Waals surface area (Å²) in [5.41, 5.74) is 8.73. The number of aryl methyl sites for hydroxylation is 2. The number of nitrogens with two attached hydrogens (primary N) is 1. The highest BCUT2D eigenvalue weighted by Crippen LogP contribution is 2.19. The molecule has 0 aliphatic heterocycles. The molecule has 0 aliphatic carbocycles. The third-order valence-corrected chi connectivity index (χ3v) is 3.24. The van der Waals surface area contributed by atoms with Crippen molar-refractivity contribution in [2.75, 3.05) is 5.73 Å². The zero-order valence-corrected chi connectivity index (χ0v) is 11.2. The summed E-state index contributed by atoms with van der Waals surface area (Å²) in [6.07, 6.45) is 10.6. The van der Waals surface area contributed by atoms with Crippen molar-refractivity contribution < 1.29 is 0 Å².